The van der Waals surface area contributed by atoms with Crippen molar-refractivity contribution in [2.45, 2.75) is 25.7 Å². The van der Waals surface area contributed by atoms with E-state index in [1.165, 1.54) is 6.92 Å². The van der Waals surface area contributed by atoms with Gasteiger partial charge in [0, 0.05) is 12.0 Å². The molecule has 0 radical (unpaired) electrons. The SMILES string of the molecule is CCC(=O)c1ccc(C(F)(F)F)cc1C(F)(F)F. The van der Waals surface area contributed by atoms with Crippen LogP contribution < -0.4 is 0 Å². The molecule has 0 bridgehead atoms. The van der Waals surface area contributed by atoms with Crippen molar-refractivity contribution in [1.29, 1.82) is 0 Å². The van der Waals surface area contributed by atoms with Gasteiger partial charge in [0.25, 0.3) is 0 Å². The monoisotopic (exact) mass is 270 g/mol. The predicted molar refractivity (Wildman–Crippen MR) is 51.1 cm³/mol. The number of Topliss-reactive ketones (excluding diaryl/α,β-unsaturated/α-hetero) is 1. The Bertz CT molecular complexity index is 458. The highest BCUT2D eigenvalue weighted by Gasteiger charge is 2.39. The minimum absolute atomic E-state index is 0.0388. The molecule has 0 aromatic heterocycles. The number of carbonyl (C=O) groups is 1. The lowest BCUT2D eigenvalue weighted by Gasteiger charge is -2.14. The van der Waals surface area contributed by atoms with Crippen LogP contribution in [-0.4, -0.2) is 5.78 Å². The van der Waals surface area contributed by atoms with Crippen LogP contribution in [0.1, 0.15) is 34.8 Å². The molecule has 0 N–H and O–H groups in total. The van der Waals surface area contributed by atoms with E-state index in [1.54, 1.807) is 0 Å². The summed E-state index contributed by atoms with van der Waals surface area (Å²) in [7, 11) is 0. The van der Waals surface area contributed by atoms with Crippen LogP contribution in [0.25, 0.3) is 0 Å². The van der Waals surface area contributed by atoms with Gasteiger partial charge in [-0.3, -0.25) is 4.79 Å². The molecule has 0 aliphatic rings. The first kappa shape index (κ1) is 14.5. The molecule has 100 valence electrons. The Hall–Kier alpha value is -1.53. The van der Waals surface area contributed by atoms with E-state index in [0.717, 1.165) is 0 Å². The topological polar surface area (TPSA) is 17.1 Å². The molecule has 1 rings (SSSR count). The third-order valence-corrected chi connectivity index (χ3v) is 2.27. The van der Waals surface area contributed by atoms with Crippen molar-refractivity contribution < 1.29 is 31.1 Å². The molecule has 0 saturated carbocycles. The Labute approximate surface area is 98.4 Å². The van der Waals surface area contributed by atoms with E-state index in [2.05, 4.69) is 0 Å². The van der Waals surface area contributed by atoms with Gasteiger partial charge in [-0.05, 0) is 12.1 Å². The van der Waals surface area contributed by atoms with Crippen molar-refractivity contribution in [2.24, 2.45) is 0 Å². The molecule has 0 fully saturated rings. The van der Waals surface area contributed by atoms with Crippen LogP contribution in [0, 0.1) is 0 Å². The van der Waals surface area contributed by atoms with Gasteiger partial charge in [-0.2, -0.15) is 26.3 Å². The zero-order chi connectivity index (χ0) is 14.1. The van der Waals surface area contributed by atoms with Gasteiger partial charge >= 0.3 is 12.4 Å². The fraction of sp³-hybridized carbons (Fsp3) is 0.364. The third-order valence-electron chi connectivity index (χ3n) is 2.27. The van der Waals surface area contributed by atoms with Crippen LogP contribution in [0.2, 0.25) is 0 Å². The summed E-state index contributed by atoms with van der Waals surface area (Å²) < 4.78 is 74.7. The summed E-state index contributed by atoms with van der Waals surface area (Å²) in [5.41, 5.74) is -3.72. The van der Waals surface area contributed by atoms with Crippen LogP contribution in [0.4, 0.5) is 26.3 Å². The van der Waals surface area contributed by atoms with E-state index in [9.17, 15) is 31.1 Å². The molecule has 1 aromatic rings. The van der Waals surface area contributed by atoms with Crippen molar-refractivity contribution in [1.82, 2.24) is 0 Å². The molecule has 18 heavy (non-hydrogen) atoms. The van der Waals surface area contributed by atoms with E-state index < -0.39 is 34.8 Å². The van der Waals surface area contributed by atoms with Gasteiger partial charge in [-0.1, -0.05) is 13.0 Å². The smallest absolute Gasteiger partial charge is 0.294 e. The molecular weight excluding hydrogens is 262 g/mol. The lowest BCUT2D eigenvalue weighted by molar-refractivity contribution is -0.143. The van der Waals surface area contributed by atoms with Gasteiger partial charge in [0.15, 0.2) is 5.78 Å². The van der Waals surface area contributed by atoms with E-state index in [0.29, 0.717) is 12.1 Å². The number of benzene rings is 1. The lowest BCUT2D eigenvalue weighted by Crippen LogP contribution is -2.15. The maximum atomic E-state index is 12.6. The quantitative estimate of drug-likeness (QED) is 0.578. The third kappa shape index (κ3) is 3.02. The fourth-order valence-corrected chi connectivity index (χ4v) is 1.39. The first-order valence-electron chi connectivity index (χ1n) is 4.89. The molecule has 0 spiro atoms. The van der Waals surface area contributed by atoms with Crippen LogP contribution in [0.3, 0.4) is 0 Å². The van der Waals surface area contributed by atoms with Gasteiger partial charge in [0.05, 0.1) is 11.1 Å². The van der Waals surface area contributed by atoms with E-state index in [-0.39, 0.29) is 12.5 Å². The number of carbonyl (C=O) groups excluding carboxylic acids is 1. The zero-order valence-corrected chi connectivity index (χ0v) is 9.12. The minimum Gasteiger partial charge on any atom is -0.294 e. The summed E-state index contributed by atoms with van der Waals surface area (Å²) >= 11 is 0. The van der Waals surface area contributed by atoms with Crippen molar-refractivity contribution in [2.75, 3.05) is 0 Å². The minimum atomic E-state index is -5.00. The van der Waals surface area contributed by atoms with Gasteiger partial charge in [0.1, 0.15) is 0 Å². The van der Waals surface area contributed by atoms with Gasteiger partial charge < -0.3 is 0 Å². The van der Waals surface area contributed by atoms with Crippen molar-refractivity contribution in [3.63, 3.8) is 0 Å². The second-order valence-electron chi connectivity index (χ2n) is 3.53. The van der Waals surface area contributed by atoms with Crippen molar-refractivity contribution in [3.8, 4) is 0 Å². The molecule has 0 unspecified atom stereocenters. The Morgan fingerprint density at radius 1 is 1.06 bits per heavy atom. The van der Waals surface area contributed by atoms with Crippen LogP contribution in [-0.2, 0) is 12.4 Å². The number of halogens is 6. The van der Waals surface area contributed by atoms with Crippen LogP contribution in [0.5, 0.6) is 0 Å². The number of rotatable bonds is 2. The Kier molecular flexibility index (Phi) is 3.73. The van der Waals surface area contributed by atoms with Gasteiger partial charge in [0.2, 0.25) is 0 Å². The van der Waals surface area contributed by atoms with E-state index in [1.807, 2.05) is 0 Å². The Balaban J connectivity index is 3.44. The summed E-state index contributed by atoms with van der Waals surface area (Å²) in [6.45, 7) is 1.33. The highest BCUT2D eigenvalue weighted by atomic mass is 19.4. The summed E-state index contributed by atoms with van der Waals surface area (Å²) in [5.74, 6) is -0.851. The number of hydrogen-bond acceptors (Lipinski definition) is 1. The lowest BCUT2D eigenvalue weighted by atomic mass is 9.99. The molecule has 0 atom stereocenters. The molecule has 1 nitrogen and oxygen atoms in total. The summed E-state index contributed by atoms with van der Waals surface area (Å²) in [5, 5.41) is 0. The number of alkyl halides is 6. The second-order valence-corrected chi connectivity index (χ2v) is 3.53. The van der Waals surface area contributed by atoms with Crippen LogP contribution >= 0.6 is 0 Å². The van der Waals surface area contributed by atoms with Gasteiger partial charge in [-0.15, -0.1) is 0 Å². The molecular formula is C11H8F6O. The summed E-state index contributed by atoms with van der Waals surface area (Å²) in [4.78, 5) is 11.3. The maximum Gasteiger partial charge on any atom is 0.417 e. The normalized spacial score (nSPS) is 12.6. The first-order chi connectivity index (χ1) is 8.07. The highest BCUT2D eigenvalue weighted by Crippen LogP contribution is 2.37. The Morgan fingerprint density at radius 3 is 2.00 bits per heavy atom. The average Bonchev–Trinajstić information content (AvgIpc) is 2.24. The largest absolute Gasteiger partial charge is 0.417 e. The molecule has 1 aromatic carbocycles. The molecule has 0 aliphatic heterocycles. The molecule has 0 amide bonds. The summed E-state index contributed by atoms with van der Waals surface area (Å²) in [6, 6.07) is 0.999. The number of ketones is 1. The zero-order valence-electron chi connectivity index (χ0n) is 9.12. The van der Waals surface area contributed by atoms with Crippen LogP contribution in [0.15, 0.2) is 18.2 Å². The average molecular weight is 270 g/mol. The maximum absolute atomic E-state index is 12.6. The highest BCUT2D eigenvalue weighted by molar-refractivity contribution is 5.97. The molecule has 0 aliphatic carbocycles. The van der Waals surface area contributed by atoms with E-state index >= 15 is 0 Å². The first-order valence-corrected chi connectivity index (χ1v) is 4.89. The molecule has 7 heteroatoms. The predicted octanol–water partition coefficient (Wildman–Crippen LogP) is 4.32. The summed E-state index contributed by atoms with van der Waals surface area (Å²) in [6.07, 6.45) is -10.1. The number of hydrogen-bond donors (Lipinski definition) is 0. The fourth-order valence-electron chi connectivity index (χ4n) is 1.39. The Morgan fingerprint density at radius 2 is 1.61 bits per heavy atom. The van der Waals surface area contributed by atoms with Crippen molar-refractivity contribution in [3.05, 3.63) is 34.9 Å². The molecule has 0 saturated heterocycles. The van der Waals surface area contributed by atoms with E-state index in [4.69, 9.17) is 0 Å². The molecule has 0 heterocycles. The van der Waals surface area contributed by atoms with Crippen molar-refractivity contribution >= 4 is 5.78 Å². The standard InChI is InChI=1S/C11H8F6O/c1-2-9(18)7-4-3-6(10(12,13)14)5-8(7)11(15,16)17/h3-5H,2H2,1H3. The second kappa shape index (κ2) is 4.62. The van der Waals surface area contributed by atoms with Gasteiger partial charge in [-0.25, -0.2) is 0 Å².